The van der Waals surface area contributed by atoms with E-state index in [0.717, 1.165) is 23.1 Å². The molecule has 0 amide bonds. The predicted molar refractivity (Wildman–Crippen MR) is 98.4 cm³/mol. The molecule has 26 heavy (non-hydrogen) atoms. The number of pyridine rings is 2. The van der Waals surface area contributed by atoms with Gasteiger partial charge in [-0.25, -0.2) is 9.78 Å². The first kappa shape index (κ1) is 17.8. The summed E-state index contributed by atoms with van der Waals surface area (Å²) in [6.07, 6.45) is 3.12. The van der Waals surface area contributed by atoms with Gasteiger partial charge in [-0.2, -0.15) is 4.39 Å². The van der Waals surface area contributed by atoms with Crippen molar-refractivity contribution in [3.63, 3.8) is 0 Å². The molecule has 0 spiro atoms. The number of anilines is 1. The summed E-state index contributed by atoms with van der Waals surface area (Å²) in [5, 5.41) is 4.17. The molecule has 1 N–H and O–H groups in total. The van der Waals surface area contributed by atoms with Crippen LogP contribution in [-0.2, 0) is 11.3 Å². The van der Waals surface area contributed by atoms with Gasteiger partial charge in [0.2, 0.25) is 5.95 Å². The normalized spacial score (nSPS) is 10.9. The smallest absolute Gasteiger partial charge is 0.338 e. The largest absolute Gasteiger partial charge is 0.457 e. The molecule has 2 aromatic heterocycles. The number of rotatable bonds is 6. The highest BCUT2D eigenvalue weighted by atomic mass is 19.1. The minimum absolute atomic E-state index is 0.00938. The lowest BCUT2D eigenvalue weighted by molar-refractivity contribution is 0.0472. The van der Waals surface area contributed by atoms with Crippen LogP contribution in [0.4, 0.5) is 10.1 Å². The molecule has 0 radical (unpaired) electrons. The minimum Gasteiger partial charge on any atom is -0.457 e. The molecule has 0 unspecified atom stereocenters. The monoisotopic (exact) mass is 353 g/mol. The van der Waals surface area contributed by atoms with Crippen LogP contribution in [0.5, 0.6) is 0 Å². The Balaban J connectivity index is 1.73. The number of hydrogen-bond donors (Lipinski definition) is 1. The third-order valence-corrected chi connectivity index (χ3v) is 3.79. The molecule has 134 valence electrons. The number of ether oxygens (including phenoxy) is 1. The molecule has 0 saturated heterocycles. The number of nitrogens with zero attached hydrogens (tertiary/aromatic N) is 2. The first-order chi connectivity index (χ1) is 12.5. The molecule has 0 aliphatic carbocycles. The van der Waals surface area contributed by atoms with E-state index in [-0.39, 0.29) is 6.61 Å². The van der Waals surface area contributed by atoms with Crippen molar-refractivity contribution in [2.45, 2.75) is 20.5 Å². The summed E-state index contributed by atoms with van der Waals surface area (Å²) < 4.78 is 18.3. The second kappa shape index (κ2) is 7.91. The van der Waals surface area contributed by atoms with Crippen LogP contribution in [0, 0.1) is 11.9 Å². The Morgan fingerprint density at radius 1 is 1.19 bits per heavy atom. The summed E-state index contributed by atoms with van der Waals surface area (Å²) in [6, 6.07) is 10.0. The van der Waals surface area contributed by atoms with E-state index in [1.165, 1.54) is 12.3 Å². The van der Waals surface area contributed by atoms with Gasteiger partial charge < -0.3 is 10.1 Å². The molecular formula is C20H20FN3O2. The van der Waals surface area contributed by atoms with Crippen molar-refractivity contribution < 1.29 is 13.9 Å². The summed E-state index contributed by atoms with van der Waals surface area (Å²) in [7, 11) is 0. The predicted octanol–water partition coefficient (Wildman–Crippen LogP) is 4.19. The lowest BCUT2D eigenvalue weighted by Crippen LogP contribution is -2.08. The number of carbonyl (C=O) groups is 1. The van der Waals surface area contributed by atoms with Crippen molar-refractivity contribution in [1.82, 2.24) is 9.97 Å². The molecule has 3 aromatic rings. The molecule has 0 fully saturated rings. The zero-order chi connectivity index (χ0) is 18.5. The number of fused-ring (bicyclic) bond motifs is 1. The van der Waals surface area contributed by atoms with Crippen molar-refractivity contribution in [2.24, 2.45) is 5.92 Å². The van der Waals surface area contributed by atoms with Gasteiger partial charge >= 0.3 is 5.97 Å². The van der Waals surface area contributed by atoms with Gasteiger partial charge in [0.05, 0.1) is 23.0 Å². The fourth-order valence-electron chi connectivity index (χ4n) is 2.44. The Morgan fingerprint density at radius 3 is 2.81 bits per heavy atom. The topological polar surface area (TPSA) is 64.1 Å². The Morgan fingerprint density at radius 2 is 2.04 bits per heavy atom. The Kier molecular flexibility index (Phi) is 5.41. The summed E-state index contributed by atoms with van der Waals surface area (Å²) in [4.78, 5) is 20.2. The van der Waals surface area contributed by atoms with Crippen LogP contribution in [0.2, 0.25) is 0 Å². The van der Waals surface area contributed by atoms with Gasteiger partial charge in [0.25, 0.3) is 0 Å². The highest BCUT2D eigenvalue weighted by Crippen LogP contribution is 2.19. The number of halogens is 1. The van der Waals surface area contributed by atoms with Crippen molar-refractivity contribution >= 4 is 22.6 Å². The van der Waals surface area contributed by atoms with Crippen molar-refractivity contribution in [3.8, 4) is 0 Å². The summed E-state index contributed by atoms with van der Waals surface area (Å²) >= 11 is 0. The number of aromatic nitrogens is 2. The second-order valence-corrected chi connectivity index (χ2v) is 6.47. The quantitative estimate of drug-likeness (QED) is 0.532. The van der Waals surface area contributed by atoms with Gasteiger partial charge in [0, 0.05) is 18.1 Å². The highest BCUT2D eigenvalue weighted by Gasteiger charge is 2.10. The molecule has 0 aliphatic rings. The Hall–Kier alpha value is -3.02. The fourth-order valence-corrected chi connectivity index (χ4v) is 2.44. The van der Waals surface area contributed by atoms with Crippen LogP contribution < -0.4 is 5.32 Å². The molecule has 0 bridgehead atoms. The summed E-state index contributed by atoms with van der Waals surface area (Å²) in [5.74, 6) is -0.550. The van der Waals surface area contributed by atoms with Gasteiger partial charge in [-0.1, -0.05) is 13.8 Å². The molecule has 2 heterocycles. The van der Waals surface area contributed by atoms with Crippen molar-refractivity contribution in [3.05, 3.63) is 65.9 Å². The van der Waals surface area contributed by atoms with E-state index < -0.39 is 11.9 Å². The molecule has 5 nitrogen and oxygen atoms in total. The zero-order valence-electron chi connectivity index (χ0n) is 14.7. The maximum atomic E-state index is 13.1. The number of esters is 1. The molecule has 0 aliphatic heterocycles. The standard InChI is InChI=1S/C20H20FN3O2/c1-13(2)10-23-17-9-16-8-15(3-4-18(16)24-11-17)20(25)26-12-14-5-6-22-19(21)7-14/h3-9,11,13,23H,10,12H2,1-2H3. The summed E-state index contributed by atoms with van der Waals surface area (Å²) in [5.41, 5.74) is 2.68. The molecule has 0 atom stereocenters. The van der Waals surface area contributed by atoms with Crippen molar-refractivity contribution in [2.75, 3.05) is 11.9 Å². The molecule has 0 saturated carbocycles. The Labute approximate surface area is 151 Å². The average Bonchev–Trinajstić information content (AvgIpc) is 2.63. The van der Waals surface area contributed by atoms with Crippen LogP contribution in [-0.4, -0.2) is 22.5 Å². The zero-order valence-corrected chi connectivity index (χ0v) is 14.7. The van der Waals surface area contributed by atoms with Gasteiger partial charge in [0.1, 0.15) is 6.61 Å². The van der Waals surface area contributed by atoms with Gasteiger partial charge in [-0.05, 0) is 47.9 Å². The third kappa shape index (κ3) is 4.53. The van der Waals surface area contributed by atoms with Crippen LogP contribution in [0.15, 0.2) is 48.8 Å². The first-order valence-corrected chi connectivity index (χ1v) is 8.42. The SMILES string of the molecule is CC(C)CNc1cnc2ccc(C(=O)OCc3ccnc(F)c3)cc2c1. The Bertz CT molecular complexity index is 928. The van der Waals surface area contributed by atoms with E-state index in [0.29, 0.717) is 17.0 Å². The molecule has 1 aromatic carbocycles. The fraction of sp³-hybridized carbons (Fsp3) is 0.250. The third-order valence-electron chi connectivity index (χ3n) is 3.79. The van der Waals surface area contributed by atoms with E-state index in [4.69, 9.17) is 4.74 Å². The van der Waals surface area contributed by atoms with E-state index >= 15 is 0 Å². The van der Waals surface area contributed by atoms with E-state index in [9.17, 15) is 9.18 Å². The number of carbonyl (C=O) groups excluding carboxylic acids is 1. The second-order valence-electron chi connectivity index (χ2n) is 6.47. The van der Waals surface area contributed by atoms with E-state index in [1.807, 2.05) is 6.07 Å². The molecule has 3 rings (SSSR count). The lowest BCUT2D eigenvalue weighted by atomic mass is 10.1. The van der Waals surface area contributed by atoms with Gasteiger partial charge in [-0.3, -0.25) is 4.98 Å². The molecule has 6 heteroatoms. The average molecular weight is 353 g/mol. The minimum atomic E-state index is -0.600. The summed E-state index contributed by atoms with van der Waals surface area (Å²) in [6.45, 7) is 5.09. The van der Waals surface area contributed by atoms with Gasteiger partial charge in [-0.15, -0.1) is 0 Å². The van der Waals surface area contributed by atoms with E-state index in [1.54, 1.807) is 30.5 Å². The highest BCUT2D eigenvalue weighted by molar-refractivity contribution is 5.95. The van der Waals surface area contributed by atoms with E-state index in [2.05, 4.69) is 29.1 Å². The number of benzene rings is 1. The number of hydrogen-bond acceptors (Lipinski definition) is 5. The van der Waals surface area contributed by atoms with Crippen LogP contribution >= 0.6 is 0 Å². The van der Waals surface area contributed by atoms with Gasteiger partial charge in [0.15, 0.2) is 0 Å². The van der Waals surface area contributed by atoms with Crippen LogP contribution in [0.25, 0.3) is 10.9 Å². The van der Waals surface area contributed by atoms with Crippen LogP contribution in [0.1, 0.15) is 29.8 Å². The number of nitrogens with one attached hydrogen (secondary N) is 1. The maximum Gasteiger partial charge on any atom is 0.338 e. The van der Waals surface area contributed by atoms with Crippen LogP contribution in [0.3, 0.4) is 0 Å². The van der Waals surface area contributed by atoms with Crippen molar-refractivity contribution in [1.29, 1.82) is 0 Å². The first-order valence-electron chi connectivity index (χ1n) is 8.42. The molecular weight excluding hydrogens is 333 g/mol. The lowest BCUT2D eigenvalue weighted by Gasteiger charge is -2.10. The maximum absolute atomic E-state index is 13.1.